The highest BCUT2D eigenvalue weighted by atomic mass is 16.2. The quantitative estimate of drug-likeness (QED) is 0.793. The van der Waals surface area contributed by atoms with Gasteiger partial charge in [-0.1, -0.05) is 24.3 Å². The molecule has 1 unspecified atom stereocenters. The van der Waals surface area contributed by atoms with Crippen molar-refractivity contribution in [2.75, 3.05) is 13.1 Å². The summed E-state index contributed by atoms with van der Waals surface area (Å²) in [5, 5.41) is 0. The topological polar surface area (TPSA) is 72.3 Å². The highest BCUT2D eigenvalue weighted by Gasteiger charge is 2.28. The molecule has 4 heteroatoms. The van der Waals surface area contributed by atoms with E-state index in [1.165, 1.54) is 0 Å². The summed E-state index contributed by atoms with van der Waals surface area (Å²) < 4.78 is 0. The summed E-state index contributed by atoms with van der Waals surface area (Å²) in [5.74, 6) is 0.527. The van der Waals surface area contributed by atoms with Gasteiger partial charge in [0.15, 0.2) is 0 Å². The standard InChI is InChI=1S/C13H19N3O/c14-6-10-2-1-3-11(4-10)8-16-9-12(7-15)5-13(16)17/h1-4,12H,5-9,14-15H2. The summed E-state index contributed by atoms with van der Waals surface area (Å²) in [6, 6.07) is 8.07. The van der Waals surface area contributed by atoms with Crippen LogP contribution in [0.15, 0.2) is 24.3 Å². The molecule has 4 nitrogen and oxygen atoms in total. The van der Waals surface area contributed by atoms with E-state index in [-0.39, 0.29) is 5.91 Å². The Morgan fingerprint density at radius 1 is 1.29 bits per heavy atom. The predicted molar refractivity (Wildman–Crippen MR) is 66.9 cm³/mol. The van der Waals surface area contributed by atoms with Gasteiger partial charge in [-0.25, -0.2) is 0 Å². The Morgan fingerprint density at radius 3 is 2.71 bits per heavy atom. The molecule has 0 saturated carbocycles. The Balaban J connectivity index is 2.03. The molecule has 0 radical (unpaired) electrons. The van der Waals surface area contributed by atoms with Crippen molar-refractivity contribution in [3.63, 3.8) is 0 Å². The van der Waals surface area contributed by atoms with Gasteiger partial charge in [-0.15, -0.1) is 0 Å². The molecule has 1 aromatic rings. The maximum atomic E-state index is 11.7. The number of likely N-dealkylation sites (tertiary alicyclic amines) is 1. The zero-order valence-corrected chi connectivity index (χ0v) is 9.93. The Hall–Kier alpha value is -1.39. The van der Waals surface area contributed by atoms with Crippen molar-refractivity contribution in [3.8, 4) is 0 Å². The van der Waals surface area contributed by atoms with Crippen molar-refractivity contribution in [3.05, 3.63) is 35.4 Å². The molecule has 1 amide bonds. The lowest BCUT2D eigenvalue weighted by Gasteiger charge is -2.16. The second kappa shape index (κ2) is 5.29. The number of benzene rings is 1. The van der Waals surface area contributed by atoms with Gasteiger partial charge in [0.2, 0.25) is 5.91 Å². The van der Waals surface area contributed by atoms with Crippen LogP contribution in [0.3, 0.4) is 0 Å². The van der Waals surface area contributed by atoms with E-state index in [0.29, 0.717) is 32.0 Å². The minimum Gasteiger partial charge on any atom is -0.338 e. The molecule has 17 heavy (non-hydrogen) atoms. The third-order valence-electron chi connectivity index (χ3n) is 3.23. The average Bonchev–Trinajstić information content (AvgIpc) is 2.70. The first-order valence-corrected chi connectivity index (χ1v) is 5.98. The molecule has 0 spiro atoms. The van der Waals surface area contributed by atoms with Crippen molar-refractivity contribution >= 4 is 5.91 Å². The minimum absolute atomic E-state index is 0.207. The maximum absolute atomic E-state index is 11.7. The van der Waals surface area contributed by atoms with Gasteiger partial charge in [0.1, 0.15) is 0 Å². The molecule has 1 atom stereocenters. The van der Waals surface area contributed by atoms with Crippen molar-refractivity contribution in [1.82, 2.24) is 4.90 Å². The van der Waals surface area contributed by atoms with Gasteiger partial charge in [0.05, 0.1) is 0 Å². The third kappa shape index (κ3) is 2.84. The zero-order valence-electron chi connectivity index (χ0n) is 9.93. The number of carbonyl (C=O) groups excluding carboxylic acids is 1. The van der Waals surface area contributed by atoms with Crippen LogP contribution in [0.2, 0.25) is 0 Å². The second-order valence-electron chi connectivity index (χ2n) is 4.60. The van der Waals surface area contributed by atoms with Crippen LogP contribution in [0, 0.1) is 5.92 Å². The van der Waals surface area contributed by atoms with Crippen LogP contribution < -0.4 is 11.5 Å². The molecular formula is C13H19N3O. The van der Waals surface area contributed by atoms with Crippen LogP contribution >= 0.6 is 0 Å². The molecule has 92 valence electrons. The first-order valence-electron chi connectivity index (χ1n) is 5.98. The summed E-state index contributed by atoms with van der Waals surface area (Å²) in [6.45, 7) is 2.57. The molecule has 1 aliphatic rings. The maximum Gasteiger partial charge on any atom is 0.223 e. The second-order valence-corrected chi connectivity index (χ2v) is 4.60. The van der Waals surface area contributed by atoms with E-state index in [9.17, 15) is 4.79 Å². The smallest absolute Gasteiger partial charge is 0.223 e. The minimum atomic E-state index is 0.207. The van der Waals surface area contributed by atoms with Crippen molar-refractivity contribution in [2.24, 2.45) is 17.4 Å². The molecular weight excluding hydrogens is 214 g/mol. The fourth-order valence-corrected chi connectivity index (χ4v) is 2.24. The van der Waals surface area contributed by atoms with Crippen LogP contribution in [-0.2, 0) is 17.9 Å². The fraction of sp³-hybridized carbons (Fsp3) is 0.462. The monoisotopic (exact) mass is 233 g/mol. The summed E-state index contributed by atoms with van der Waals surface area (Å²) in [6.07, 6.45) is 0.590. The first kappa shape index (κ1) is 12.1. The largest absolute Gasteiger partial charge is 0.338 e. The van der Waals surface area contributed by atoms with Gasteiger partial charge in [0, 0.05) is 26.1 Å². The van der Waals surface area contributed by atoms with E-state index in [2.05, 4.69) is 6.07 Å². The summed E-state index contributed by atoms with van der Waals surface area (Å²) in [7, 11) is 0. The Kier molecular flexibility index (Phi) is 3.76. The van der Waals surface area contributed by atoms with E-state index in [4.69, 9.17) is 11.5 Å². The van der Waals surface area contributed by atoms with E-state index in [1.807, 2.05) is 23.1 Å². The van der Waals surface area contributed by atoms with E-state index in [1.54, 1.807) is 0 Å². The predicted octanol–water partition coefficient (Wildman–Crippen LogP) is 0.453. The number of nitrogens with zero attached hydrogens (tertiary/aromatic N) is 1. The molecule has 1 aliphatic heterocycles. The Bertz CT molecular complexity index is 405. The zero-order chi connectivity index (χ0) is 12.3. The number of rotatable bonds is 4. The molecule has 1 heterocycles. The molecule has 0 aromatic heterocycles. The summed E-state index contributed by atoms with van der Waals surface area (Å²) >= 11 is 0. The number of amides is 1. The first-order chi connectivity index (χ1) is 8.22. The summed E-state index contributed by atoms with van der Waals surface area (Å²) in [4.78, 5) is 13.6. The average molecular weight is 233 g/mol. The molecule has 4 N–H and O–H groups in total. The van der Waals surface area contributed by atoms with Gasteiger partial charge in [-0.05, 0) is 23.6 Å². The number of hydrogen-bond donors (Lipinski definition) is 2. The fourth-order valence-electron chi connectivity index (χ4n) is 2.24. The number of carbonyl (C=O) groups is 1. The molecule has 1 fully saturated rings. The Labute approximate surface area is 102 Å². The van der Waals surface area contributed by atoms with Gasteiger partial charge in [-0.2, -0.15) is 0 Å². The number of nitrogens with two attached hydrogens (primary N) is 2. The van der Waals surface area contributed by atoms with Crippen LogP contribution in [0.4, 0.5) is 0 Å². The van der Waals surface area contributed by atoms with Gasteiger partial charge < -0.3 is 16.4 Å². The van der Waals surface area contributed by atoms with E-state index >= 15 is 0 Å². The van der Waals surface area contributed by atoms with Crippen LogP contribution in [0.1, 0.15) is 17.5 Å². The SMILES string of the molecule is NCc1cccc(CN2CC(CN)CC2=O)c1. The number of hydrogen-bond acceptors (Lipinski definition) is 3. The highest BCUT2D eigenvalue weighted by Crippen LogP contribution is 2.19. The van der Waals surface area contributed by atoms with E-state index < -0.39 is 0 Å². The van der Waals surface area contributed by atoms with Gasteiger partial charge in [0.25, 0.3) is 0 Å². The van der Waals surface area contributed by atoms with Crippen molar-refractivity contribution < 1.29 is 4.79 Å². The van der Waals surface area contributed by atoms with Gasteiger partial charge >= 0.3 is 0 Å². The molecule has 2 rings (SSSR count). The van der Waals surface area contributed by atoms with Gasteiger partial charge in [-0.3, -0.25) is 4.79 Å². The lowest BCUT2D eigenvalue weighted by atomic mass is 10.1. The van der Waals surface area contributed by atoms with Crippen molar-refractivity contribution in [2.45, 2.75) is 19.5 Å². The van der Waals surface area contributed by atoms with Crippen molar-refractivity contribution in [1.29, 1.82) is 0 Å². The normalized spacial score (nSPS) is 20.0. The highest BCUT2D eigenvalue weighted by molar-refractivity contribution is 5.78. The molecule has 0 bridgehead atoms. The lowest BCUT2D eigenvalue weighted by molar-refractivity contribution is -0.128. The van der Waals surface area contributed by atoms with Crippen LogP contribution in [0.25, 0.3) is 0 Å². The Morgan fingerprint density at radius 2 is 2.06 bits per heavy atom. The van der Waals surface area contributed by atoms with Crippen LogP contribution in [-0.4, -0.2) is 23.9 Å². The molecule has 1 saturated heterocycles. The molecule has 0 aliphatic carbocycles. The summed E-state index contributed by atoms with van der Waals surface area (Å²) in [5.41, 5.74) is 13.4. The third-order valence-corrected chi connectivity index (χ3v) is 3.23. The van der Waals surface area contributed by atoms with Crippen LogP contribution in [0.5, 0.6) is 0 Å². The van der Waals surface area contributed by atoms with E-state index in [0.717, 1.165) is 17.7 Å². The lowest BCUT2D eigenvalue weighted by Crippen LogP contribution is -2.25. The molecule has 1 aromatic carbocycles.